The standard InChI is InChI=1S/C13H21N3.2ClH/c1-11-9-15(2)6-7-16(11)10-12-4-3-5-13(14)8-12;;/h3-5,8,11H,6-7,9-10,14H2,1-2H3;2*1H. The van der Waals surface area contributed by atoms with E-state index in [4.69, 9.17) is 5.73 Å². The molecule has 0 aliphatic carbocycles. The number of nitrogens with zero attached hydrogens (tertiary/aromatic N) is 2. The second kappa shape index (κ2) is 7.85. The summed E-state index contributed by atoms with van der Waals surface area (Å²) in [7, 11) is 2.19. The molecule has 0 radical (unpaired) electrons. The van der Waals surface area contributed by atoms with Gasteiger partial charge in [0.05, 0.1) is 0 Å². The molecule has 1 unspecified atom stereocenters. The lowest BCUT2D eigenvalue weighted by Gasteiger charge is -2.38. The molecule has 0 aromatic heterocycles. The second-order valence-electron chi connectivity index (χ2n) is 4.83. The molecule has 104 valence electrons. The maximum Gasteiger partial charge on any atom is 0.0317 e. The first-order valence-corrected chi connectivity index (χ1v) is 5.92. The minimum absolute atomic E-state index is 0. The van der Waals surface area contributed by atoms with Gasteiger partial charge in [0.15, 0.2) is 0 Å². The number of nitrogen functional groups attached to an aromatic ring is 1. The van der Waals surface area contributed by atoms with Crippen molar-refractivity contribution in [3.05, 3.63) is 29.8 Å². The summed E-state index contributed by atoms with van der Waals surface area (Å²) in [6, 6.07) is 8.83. The third-order valence-corrected chi connectivity index (χ3v) is 3.30. The Bertz CT molecular complexity index is 360. The fraction of sp³-hybridized carbons (Fsp3) is 0.538. The summed E-state index contributed by atoms with van der Waals surface area (Å²) in [6.45, 7) is 6.77. The van der Waals surface area contributed by atoms with Gasteiger partial charge < -0.3 is 10.6 Å². The Morgan fingerprint density at radius 1 is 1.28 bits per heavy atom. The highest BCUT2D eigenvalue weighted by molar-refractivity contribution is 5.85. The van der Waals surface area contributed by atoms with E-state index in [0.717, 1.165) is 31.9 Å². The normalized spacial score (nSPS) is 20.9. The number of anilines is 1. The van der Waals surface area contributed by atoms with Gasteiger partial charge in [-0.15, -0.1) is 24.8 Å². The molecule has 1 heterocycles. The summed E-state index contributed by atoms with van der Waals surface area (Å²) >= 11 is 0. The molecule has 1 aromatic rings. The Hall–Kier alpha value is -0.480. The molecule has 18 heavy (non-hydrogen) atoms. The SMILES string of the molecule is CC1CN(C)CCN1Cc1cccc(N)c1.Cl.Cl. The van der Waals surface area contributed by atoms with Crippen molar-refractivity contribution in [2.75, 3.05) is 32.4 Å². The highest BCUT2D eigenvalue weighted by Gasteiger charge is 2.21. The van der Waals surface area contributed by atoms with Gasteiger partial charge in [0.1, 0.15) is 0 Å². The van der Waals surface area contributed by atoms with Gasteiger partial charge in [0.25, 0.3) is 0 Å². The number of hydrogen-bond acceptors (Lipinski definition) is 3. The number of rotatable bonds is 2. The van der Waals surface area contributed by atoms with Gasteiger partial charge >= 0.3 is 0 Å². The van der Waals surface area contributed by atoms with E-state index >= 15 is 0 Å². The molecule has 1 fully saturated rings. The number of nitrogens with two attached hydrogens (primary N) is 1. The summed E-state index contributed by atoms with van der Waals surface area (Å²) in [6.07, 6.45) is 0. The van der Waals surface area contributed by atoms with E-state index in [9.17, 15) is 0 Å². The number of halogens is 2. The van der Waals surface area contributed by atoms with Gasteiger partial charge in [-0.1, -0.05) is 12.1 Å². The molecule has 2 N–H and O–H groups in total. The lowest BCUT2D eigenvalue weighted by molar-refractivity contribution is 0.0938. The number of piperazine rings is 1. The van der Waals surface area contributed by atoms with Gasteiger partial charge in [0.2, 0.25) is 0 Å². The average molecular weight is 292 g/mol. The predicted molar refractivity (Wildman–Crippen MR) is 82.7 cm³/mol. The van der Waals surface area contributed by atoms with Crippen LogP contribution in [-0.4, -0.2) is 42.5 Å². The Kier molecular flexibility index (Phi) is 7.64. The number of likely N-dealkylation sites (N-methyl/N-ethyl adjacent to an activating group) is 1. The van der Waals surface area contributed by atoms with Gasteiger partial charge in [0, 0.05) is 37.9 Å². The Morgan fingerprint density at radius 3 is 2.61 bits per heavy atom. The fourth-order valence-electron chi connectivity index (χ4n) is 2.34. The van der Waals surface area contributed by atoms with E-state index in [1.54, 1.807) is 0 Å². The number of hydrogen-bond donors (Lipinski definition) is 1. The van der Waals surface area contributed by atoms with E-state index in [-0.39, 0.29) is 24.8 Å². The van der Waals surface area contributed by atoms with Crippen molar-refractivity contribution in [1.82, 2.24) is 9.80 Å². The Balaban J connectivity index is 0.00000144. The first-order chi connectivity index (χ1) is 7.65. The fourth-order valence-corrected chi connectivity index (χ4v) is 2.34. The topological polar surface area (TPSA) is 32.5 Å². The summed E-state index contributed by atoms with van der Waals surface area (Å²) in [5.74, 6) is 0. The van der Waals surface area contributed by atoms with Crippen LogP contribution in [0.1, 0.15) is 12.5 Å². The van der Waals surface area contributed by atoms with Gasteiger partial charge in [-0.25, -0.2) is 0 Å². The summed E-state index contributed by atoms with van der Waals surface area (Å²) < 4.78 is 0. The van der Waals surface area contributed by atoms with Crippen LogP contribution in [0.3, 0.4) is 0 Å². The first-order valence-electron chi connectivity index (χ1n) is 5.92. The van der Waals surface area contributed by atoms with Crippen molar-refractivity contribution < 1.29 is 0 Å². The van der Waals surface area contributed by atoms with Crippen LogP contribution in [0, 0.1) is 0 Å². The molecule has 1 atom stereocenters. The van der Waals surface area contributed by atoms with Gasteiger partial charge in [-0.3, -0.25) is 4.90 Å². The third-order valence-electron chi connectivity index (χ3n) is 3.30. The lowest BCUT2D eigenvalue weighted by atomic mass is 10.1. The van der Waals surface area contributed by atoms with Crippen molar-refractivity contribution in [2.24, 2.45) is 0 Å². The zero-order chi connectivity index (χ0) is 11.5. The van der Waals surface area contributed by atoms with Gasteiger partial charge in [-0.2, -0.15) is 0 Å². The van der Waals surface area contributed by atoms with E-state index in [1.165, 1.54) is 5.56 Å². The zero-order valence-electron chi connectivity index (χ0n) is 11.0. The van der Waals surface area contributed by atoms with Crippen molar-refractivity contribution in [3.8, 4) is 0 Å². The highest BCUT2D eigenvalue weighted by Crippen LogP contribution is 2.14. The first kappa shape index (κ1) is 17.5. The Labute approximate surface area is 122 Å². The van der Waals surface area contributed by atoms with Crippen LogP contribution in [0.2, 0.25) is 0 Å². The molecule has 3 nitrogen and oxygen atoms in total. The molecule has 0 spiro atoms. The minimum atomic E-state index is 0. The molecule has 0 bridgehead atoms. The van der Waals surface area contributed by atoms with Crippen LogP contribution < -0.4 is 5.73 Å². The lowest BCUT2D eigenvalue weighted by Crippen LogP contribution is -2.49. The van der Waals surface area contributed by atoms with Crippen molar-refractivity contribution in [2.45, 2.75) is 19.5 Å². The van der Waals surface area contributed by atoms with E-state index < -0.39 is 0 Å². The summed E-state index contributed by atoms with van der Waals surface area (Å²) in [4.78, 5) is 4.91. The van der Waals surface area contributed by atoms with E-state index in [1.807, 2.05) is 12.1 Å². The van der Waals surface area contributed by atoms with Crippen LogP contribution in [-0.2, 0) is 6.54 Å². The van der Waals surface area contributed by atoms with Crippen LogP contribution in [0.4, 0.5) is 5.69 Å². The minimum Gasteiger partial charge on any atom is -0.399 e. The average Bonchev–Trinajstić information content (AvgIpc) is 2.22. The second-order valence-corrected chi connectivity index (χ2v) is 4.83. The van der Waals surface area contributed by atoms with E-state index in [0.29, 0.717) is 6.04 Å². The third kappa shape index (κ3) is 4.65. The van der Waals surface area contributed by atoms with Crippen molar-refractivity contribution in [1.29, 1.82) is 0 Å². The zero-order valence-corrected chi connectivity index (χ0v) is 12.6. The van der Waals surface area contributed by atoms with Crippen molar-refractivity contribution in [3.63, 3.8) is 0 Å². The summed E-state index contributed by atoms with van der Waals surface area (Å²) in [5, 5.41) is 0. The van der Waals surface area contributed by atoms with Crippen molar-refractivity contribution >= 4 is 30.5 Å². The molecular formula is C13H23Cl2N3. The molecule has 0 amide bonds. The van der Waals surface area contributed by atoms with Crippen LogP contribution in [0.5, 0.6) is 0 Å². The maximum atomic E-state index is 5.79. The predicted octanol–water partition coefficient (Wildman–Crippen LogP) is 2.25. The van der Waals surface area contributed by atoms with Crippen LogP contribution >= 0.6 is 24.8 Å². The quantitative estimate of drug-likeness (QED) is 0.849. The molecule has 2 rings (SSSR count). The monoisotopic (exact) mass is 291 g/mol. The molecule has 1 saturated heterocycles. The van der Waals surface area contributed by atoms with Crippen LogP contribution in [0.15, 0.2) is 24.3 Å². The van der Waals surface area contributed by atoms with E-state index in [2.05, 4.69) is 35.9 Å². The van der Waals surface area contributed by atoms with Gasteiger partial charge in [-0.05, 0) is 31.7 Å². The molecule has 0 saturated carbocycles. The van der Waals surface area contributed by atoms with Crippen LogP contribution in [0.25, 0.3) is 0 Å². The Morgan fingerprint density at radius 2 is 2.00 bits per heavy atom. The molecule has 5 heteroatoms. The summed E-state index contributed by atoms with van der Waals surface area (Å²) in [5.41, 5.74) is 7.97. The smallest absolute Gasteiger partial charge is 0.0317 e. The maximum absolute atomic E-state index is 5.79. The largest absolute Gasteiger partial charge is 0.399 e. The molecular weight excluding hydrogens is 269 g/mol. The molecule has 1 aliphatic rings. The molecule has 1 aromatic carbocycles. The highest BCUT2D eigenvalue weighted by atomic mass is 35.5. The molecule has 1 aliphatic heterocycles. The number of benzene rings is 1.